The van der Waals surface area contributed by atoms with Gasteiger partial charge in [0, 0.05) is 16.6 Å². The molecule has 3 N–H and O–H groups in total. The van der Waals surface area contributed by atoms with Crippen molar-refractivity contribution in [2.45, 2.75) is 25.9 Å². The Morgan fingerprint density at radius 3 is 2.54 bits per heavy atom. The van der Waals surface area contributed by atoms with Crippen LogP contribution in [0.25, 0.3) is 0 Å². The van der Waals surface area contributed by atoms with E-state index in [1.807, 2.05) is 22.6 Å². The van der Waals surface area contributed by atoms with Gasteiger partial charge in [0.25, 0.3) is 5.91 Å². The molecule has 0 saturated heterocycles. The minimum Gasteiger partial charge on any atom is -0.396 e. The number of hydrogen-bond acceptors (Lipinski definition) is 4. The van der Waals surface area contributed by atoms with Crippen LogP contribution in [0.2, 0.25) is 5.02 Å². The van der Waals surface area contributed by atoms with E-state index in [1.54, 1.807) is 26.0 Å². The van der Waals surface area contributed by atoms with Crippen LogP contribution in [0, 0.1) is 21.0 Å². The van der Waals surface area contributed by atoms with Gasteiger partial charge in [0.1, 0.15) is 0 Å². The van der Waals surface area contributed by atoms with Crippen LogP contribution in [-0.2, 0) is 4.84 Å². The Morgan fingerprint density at radius 1 is 1.25 bits per heavy atom. The molecule has 28 heavy (non-hydrogen) atoms. The first kappa shape index (κ1) is 22.7. The summed E-state index contributed by atoms with van der Waals surface area (Å²) in [6.07, 6.45) is 0.197. The third-order valence-corrected chi connectivity index (χ3v) is 4.72. The molecule has 2 aromatic rings. The highest BCUT2D eigenvalue weighted by atomic mass is 127. The van der Waals surface area contributed by atoms with Gasteiger partial charge in [-0.3, -0.25) is 9.63 Å². The maximum atomic E-state index is 14.4. The first-order valence-electron chi connectivity index (χ1n) is 8.04. The van der Waals surface area contributed by atoms with E-state index in [4.69, 9.17) is 21.5 Å². The maximum absolute atomic E-state index is 14.4. The lowest BCUT2D eigenvalue weighted by Crippen LogP contribution is -2.37. The number of anilines is 2. The van der Waals surface area contributed by atoms with E-state index in [0.717, 1.165) is 3.57 Å². The zero-order valence-corrected chi connectivity index (χ0v) is 17.8. The number of carbonyl (C=O) groups excluding carboxylic acids is 1. The second-order valence-corrected chi connectivity index (χ2v) is 8.08. The van der Waals surface area contributed by atoms with Gasteiger partial charge in [0.2, 0.25) is 0 Å². The van der Waals surface area contributed by atoms with Crippen LogP contribution in [0.15, 0.2) is 24.3 Å². The standard InChI is InChI=1S/C18H17ClF3IN2O3/c1-18(2,5-6-26)28-25-17(27)10-8-12(20)14(21)15(22)16(10)24-13-4-3-9(23)7-11(13)19/h3-4,7-8,24,26H,5-6H2,1-2H3,(H,25,27). The molecule has 0 spiro atoms. The number of nitrogens with one attached hydrogen (secondary N) is 2. The van der Waals surface area contributed by atoms with E-state index in [-0.39, 0.29) is 23.7 Å². The molecular formula is C18H17ClF3IN2O3. The lowest BCUT2D eigenvalue weighted by Gasteiger charge is -2.24. The molecule has 2 rings (SSSR count). The monoisotopic (exact) mass is 528 g/mol. The van der Waals surface area contributed by atoms with Gasteiger partial charge in [-0.2, -0.15) is 0 Å². The van der Waals surface area contributed by atoms with Gasteiger partial charge in [-0.25, -0.2) is 18.7 Å². The normalized spacial score (nSPS) is 11.4. The number of amides is 1. The number of carbonyl (C=O) groups is 1. The predicted molar refractivity (Wildman–Crippen MR) is 108 cm³/mol. The molecule has 0 fully saturated rings. The summed E-state index contributed by atoms with van der Waals surface area (Å²) < 4.78 is 42.7. The Kier molecular flexibility index (Phi) is 7.54. The molecule has 5 nitrogen and oxygen atoms in total. The third-order valence-electron chi connectivity index (χ3n) is 3.73. The Balaban J connectivity index is 2.39. The second-order valence-electron chi connectivity index (χ2n) is 6.42. The Hall–Kier alpha value is -1.56. The summed E-state index contributed by atoms with van der Waals surface area (Å²) in [5, 5.41) is 11.7. The summed E-state index contributed by atoms with van der Waals surface area (Å²) in [7, 11) is 0. The minimum absolute atomic E-state index is 0.194. The SMILES string of the molecule is CC(C)(CCO)ONC(=O)c1cc(F)c(F)c(F)c1Nc1ccc(I)cc1Cl. The van der Waals surface area contributed by atoms with Crippen molar-refractivity contribution in [3.05, 3.63) is 55.9 Å². The molecule has 10 heteroatoms. The van der Waals surface area contributed by atoms with Crippen molar-refractivity contribution in [2.75, 3.05) is 11.9 Å². The number of halogens is 5. The fourth-order valence-electron chi connectivity index (χ4n) is 2.18. The Bertz CT molecular complexity index is 897. The molecule has 0 aliphatic carbocycles. The lowest BCUT2D eigenvalue weighted by molar-refractivity contribution is -0.0805. The number of hydroxylamine groups is 1. The van der Waals surface area contributed by atoms with Crippen molar-refractivity contribution in [3.63, 3.8) is 0 Å². The average molecular weight is 529 g/mol. The summed E-state index contributed by atoms with van der Waals surface area (Å²) >= 11 is 8.10. The van der Waals surface area contributed by atoms with Gasteiger partial charge in [-0.1, -0.05) is 11.6 Å². The fraction of sp³-hybridized carbons (Fsp3) is 0.278. The van der Waals surface area contributed by atoms with Crippen LogP contribution in [0.5, 0.6) is 0 Å². The predicted octanol–water partition coefficient (Wildman–Crippen LogP) is 4.93. The first-order valence-corrected chi connectivity index (χ1v) is 9.50. The van der Waals surface area contributed by atoms with Gasteiger partial charge < -0.3 is 10.4 Å². The quantitative estimate of drug-likeness (QED) is 0.271. The van der Waals surface area contributed by atoms with Crippen LogP contribution in [-0.4, -0.2) is 23.2 Å². The smallest absolute Gasteiger partial charge is 0.277 e. The van der Waals surface area contributed by atoms with Crippen LogP contribution in [0.3, 0.4) is 0 Å². The van der Waals surface area contributed by atoms with E-state index in [0.29, 0.717) is 6.07 Å². The number of benzene rings is 2. The summed E-state index contributed by atoms with van der Waals surface area (Å²) in [4.78, 5) is 17.6. The molecule has 0 bridgehead atoms. The van der Waals surface area contributed by atoms with E-state index in [1.165, 1.54) is 6.07 Å². The Morgan fingerprint density at radius 2 is 1.93 bits per heavy atom. The number of aliphatic hydroxyl groups is 1. The van der Waals surface area contributed by atoms with Crippen molar-refractivity contribution in [2.24, 2.45) is 0 Å². The zero-order chi connectivity index (χ0) is 21.1. The molecule has 0 radical (unpaired) electrons. The Labute approximate surface area is 178 Å². The zero-order valence-electron chi connectivity index (χ0n) is 14.9. The van der Waals surface area contributed by atoms with Crippen LogP contribution < -0.4 is 10.8 Å². The largest absolute Gasteiger partial charge is 0.396 e. The number of aliphatic hydroxyl groups excluding tert-OH is 1. The topological polar surface area (TPSA) is 70.6 Å². The second kappa shape index (κ2) is 9.29. The summed E-state index contributed by atoms with van der Waals surface area (Å²) in [6.45, 7) is 3.00. The molecule has 152 valence electrons. The van der Waals surface area contributed by atoms with Gasteiger partial charge in [0.15, 0.2) is 17.5 Å². The van der Waals surface area contributed by atoms with Crippen LogP contribution in [0.1, 0.15) is 30.6 Å². The molecule has 0 heterocycles. The summed E-state index contributed by atoms with van der Waals surface area (Å²) in [5.74, 6) is -5.85. The summed E-state index contributed by atoms with van der Waals surface area (Å²) in [5.41, 5.74) is 0.212. The molecule has 1 amide bonds. The number of rotatable bonds is 7. The highest BCUT2D eigenvalue weighted by molar-refractivity contribution is 14.1. The van der Waals surface area contributed by atoms with E-state index in [2.05, 4.69) is 10.8 Å². The van der Waals surface area contributed by atoms with Gasteiger partial charge >= 0.3 is 0 Å². The van der Waals surface area contributed by atoms with Crippen molar-refractivity contribution < 1.29 is 27.9 Å². The number of hydrogen-bond donors (Lipinski definition) is 3. The molecule has 0 aliphatic rings. The van der Waals surface area contributed by atoms with Gasteiger partial charge in [-0.15, -0.1) is 0 Å². The van der Waals surface area contributed by atoms with E-state index >= 15 is 0 Å². The van der Waals surface area contributed by atoms with Gasteiger partial charge in [-0.05, 0) is 60.7 Å². The maximum Gasteiger partial charge on any atom is 0.277 e. The highest BCUT2D eigenvalue weighted by Crippen LogP contribution is 2.32. The molecule has 0 aromatic heterocycles. The fourth-order valence-corrected chi connectivity index (χ4v) is 3.08. The van der Waals surface area contributed by atoms with Crippen molar-refractivity contribution in [3.8, 4) is 0 Å². The molecule has 2 aromatic carbocycles. The van der Waals surface area contributed by atoms with Gasteiger partial charge in [0.05, 0.1) is 27.6 Å². The molecule has 0 aliphatic heterocycles. The lowest BCUT2D eigenvalue weighted by atomic mass is 10.1. The van der Waals surface area contributed by atoms with Crippen LogP contribution >= 0.6 is 34.2 Å². The van der Waals surface area contributed by atoms with Crippen LogP contribution in [0.4, 0.5) is 24.5 Å². The first-order chi connectivity index (χ1) is 13.1. The molecule has 0 atom stereocenters. The average Bonchev–Trinajstić information content (AvgIpc) is 2.61. The highest BCUT2D eigenvalue weighted by Gasteiger charge is 2.26. The van der Waals surface area contributed by atoms with Crippen molar-refractivity contribution in [1.82, 2.24) is 5.48 Å². The third kappa shape index (κ3) is 5.49. The van der Waals surface area contributed by atoms with Crippen molar-refractivity contribution in [1.29, 1.82) is 0 Å². The molecular weight excluding hydrogens is 512 g/mol. The minimum atomic E-state index is -1.73. The molecule has 0 unspecified atom stereocenters. The molecule has 0 saturated carbocycles. The van der Waals surface area contributed by atoms with Crippen molar-refractivity contribution >= 4 is 51.5 Å². The van der Waals surface area contributed by atoms with E-state index in [9.17, 15) is 18.0 Å². The van der Waals surface area contributed by atoms with E-state index < -0.39 is 40.2 Å². The summed E-state index contributed by atoms with van der Waals surface area (Å²) in [6, 6.07) is 5.29.